The molecule has 0 radical (unpaired) electrons. The summed E-state index contributed by atoms with van der Waals surface area (Å²) in [5, 5.41) is 39.7. The average molecular weight is 474 g/mol. The molecule has 34 heavy (non-hydrogen) atoms. The van der Waals surface area contributed by atoms with Gasteiger partial charge in [-0.2, -0.15) is 14.5 Å². The van der Waals surface area contributed by atoms with E-state index in [4.69, 9.17) is 11.6 Å². The van der Waals surface area contributed by atoms with Gasteiger partial charge in [-0.25, -0.2) is 4.79 Å². The molecule has 3 heterocycles. The van der Waals surface area contributed by atoms with E-state index < -0.39 is 5.97 Å². The van der Waals surface area contributed by atoms with Crippen molar-refractivity contribution in [2.45, 2.75) is 18.9 Å². The third kappa shape index (κ3) is 3.27. The summed E-state index contributed by atoms with van der Waals surface area (Å²) in [7, 11) is 0. The zero-order chi connectivity index (χ0) is 23.4. The van der Waals surface area contributed by atoms with E-state index in [1.54, 1.807) is 41.2 Å². The van der Waals surface area contributed by atoms with Crippen molar-refractivity contribution < 1.29 is 14.6 Å². The minimum atomic E-state index is -0.993. The standard InChI is InChI=1S/C23H16ClN7O3/c24-17-3-6-20(30-12-25-27-28-30)18(9-17)15-7-13-2-5-21(22(13)31(34)11-15)29-10-16-8-14(23(32)33)1-4-19(16)26-29/h1,3-4,6-12,21H,2,5H2,(H,32,33). The third-order valence-electron chi connectivity index (χ3n) is 6.11. The Hall–Kier alpha value is -4.31. The van der Waals surface area contributed by atoms with Crippen LogP contribution >= 0.6 is 11.6 Å². The number of aromatic carboxylic acids is 1. The first kappa shape index (κ1) is 20.3. The molecule has 1 aliphatic carbocycles. The summed E-state index contributed by atoms with van der Waals surface area (Å²) in [5.74, 6) is -0.993. The van der Waals surface area contributed by atoms with Crippen LogP contribution < -0.4 is 4.73 Å². The fourth-order valence-electron chi connectivity index (χ4n) is 4.58. The van der Waals surface area contributed by atoms with E-state index in [2.05, 4.69) is 20.6 Å². The van der Waals surface area contributed by atoms with Crippen LogP contribution in [0, 0.1) is 5.21 Å². The molecule has 1 unspecified atom stereocenters. The molecule has 0 saturated heterocycles. The van der Waals surface area contributed by atoms with Crippen molar-refractivity contribution >= 4 is 28.5 Å². The zero-order valence-corrected chi connectivity index (χ0v) is 18.3. The molecule has 168 valence electrons. The second kappa shape index (κ2) is 7.63. The van der Waals surface area contributed by atoms with Crippen molar-refractivity contribution in [3.63, 3.8) is 0 Å². The van der Waals surface area contributed by atoms with Crippen LogP contribution in [0.2, 0.25) is 5.02 Å². The number of aromatic nitrogens is 7. The van der Waals surface area contributed by atoms with Crippen molar-refractivity contribution in [3.05, 3.63) is 88.2 Å². The molecule has 1 atom stereocenters. The zero-order valence-electron chi connectivity index (χ0n) is 17.5. The highest BCUT2D eigenvalue weighted by Crippen LogP contribution is 2.36. The molecule has 11 heteroatoms. The summed E-state index contributed by atoms with van der Waals surface area (Å²) >= 11 is 6.26. The maximum absolute atomic E-state index is 13.2. The topological polar surface area (TPSA) is 126 Å². The van der Waals surface area contributed by atoms with Crippen LogP contribution in [0.25, 0.3) is 27.7 Å². The second-order valence-electron chi connectivity index (χ2n) is 8.12. The van der Waals surface area contributed by atoms with Gasteiger partial charge in [-0.3, -0.25) is 4.68 Å². The number of tetrazole rings is 1. The van der Waals surface area contributed by atoms with E-state index in [0.29, 0.717) is 45.7 Å². The quantitative estimate of drug-likeness (QED) is 0.314. The van der Waals surface area contributed by atoms with Crippen LogP contribution in [0.5, 0.6) is 0 Å². The minimum absolute atomic E-state index is 0.197. The Bertz CT molecular complexity index is 1580. The molecular formula is C23H16ClN7O3. The maximum atomic E-state index is 13.2. The lowest BCUT2D eigenvalue weighted by Gasteiger charge is -2.14. The first-order chi connectivity index (χ1) is 16.5. The Balaban J connectivity index is 1.43. The highest BCUT2D eigenvalue weighted by Gasteiger charge is 2.34. The number of aryl methyl sites for hydroxylation is 1. The average Bonchev–Trinajstić information content (AvgIpc) is 3.57. The SMILES string of the molecule is O=C(O)c1ccc2nn(C3CCc4cc(-c5cc(Cl)ccc5-n5cnnn5)c[n+]([O-])c43)cc2c1. The molecule has 3 aromatic heterocycles. The molecule has 0 amide bonds. The van der Waals surface area contributed by atoms with E-state index in [-0.39, 0.29) is 11.6 Å². The van der Waals surface area contributed by atoms with Gasteiger partial charge in [0.15, 0.2) is 6.20 Å². The van der Waals surface area contributed by atoms with Crippen LogP contribution in [0.1, 0.15) is 34.1 Å². The number of carboxylic acid groups (broad SMARTS) is 1. The minimum Gasteiger partial charge on any atom is -0.618 e. The predicted octanol–water partition coefficient (Wildman–Crippen LogP) is 3.20. The summed E-state index contributed by atoms with van der Waals surface area (Å²) < 4.78 is 4.17. The number of benzene rings is 2. The highest BCUT2D eigenvalue weighted by molar-refractivity contribution is 6.31. The lowest BCUT2D eigenvalue weighted by Crippen LogP contribution is -2.34. The van der Waals surface area contributed by atoms with E-state index in [9.17, 15) is 15.1 Å². The molecule has 2 aromatic carbocycles. The predicted molar refractivity (Wildman–Crippen MR) is 122 cm³/mol. The summed E-state index contributed by atoms with van der Waals surface area (Å²) in [6.07, 6.45) is 6.22. The summed E-state index contributed by atoms with van der Waals surface area (Å²) in [4.78, 5) is 11.3. The summed E-state index contributed by atoms with van der Waals surface area (Å²) in [5.41, 5.74) is 4.57. The van der Waals surface area contributed by atoms with E-state index in [1.807, 2.05) is 6.07 Å². The van der Waals surface area contributed by atoms with Gasteiger partial charge in [-0.15, -0.1) is 5.10 Å². The highest BCUT2D eigenvalue weighted by atomic mass is 35.5. The van der Waals surface area contributed by atoms with Gasteiger partial charge in [0.2, 0.25) is 5.69 Å². The molecule has 0 aliphatic heterocycles. The number of rotatable bonds is 4. The number of hydrogen-bond donors (Lipinski definition) is 1. The van der Waals surface area contributed by atoms with Gasteiger partial charge < -0.3 is 10.3 Å². The number of carboxylic acids is 1. The molecule has 0 bridgehead atoms. The van der Waals surface area contributed by atoms with Gasteiger partial charge in [0.25, 0.3) is 0 Å². The third-order valence-corrected chi connectivity index (χ3v) is 6.34. The number of fused-ring (bicyclic) bond motifs is 2. The van der Waals surface area contributed by atoms with Gasteiger partial charge in [0.1, 0.15) is 12.4 Å². The molecule has 1 N–H and O–H groups in total. The van der Waals surface area contributed by atoms with Crippen LogP contribution in [0.3, 0.4) is 0 Å². The molecule has 0 spiro atoms. The van der Waals surface area contributed by atoms with Crippen LogP contribution in [0.4, 0.5) is 0 Å². The maximum Gasteiger partial charge on any atom is 0.335 e. The van der Waals surface area contributed by atoms with Crippen LogP contribution in [0.15, 0.2) is 61.2 Å². The lowest BCUT2D eigenvalue weighted by molar-refractivity contribution is -0.615. The smallest absolute Gasteiger partial charge is 0.335 e. The Kier molecular flexibility index (Phi) is 4.56. The largest absolute Gasteiger partial charge is 0.618 e. The molecule has 0 saturated carbocycles. The Morgan fingerprint density at radius 3 is 2.88 bits per heavy atom. The van der Waals surface area contributed by atoms with Gasteiger partial charge in [-0.1, -0.05) is 11.6 Å². The molecule has 5 aromatic rings. The van der Waals surface area contributed by atoms with Crippen molar-refractivity contribution in [2.75, 3.05) is 0 Å². The number of nitrogens with zero attached hydrogens (tertiary/aromatic N) is 7. The van der Waals surface area contributed by atoms with Gasteiger partial charge in [-0.05, 0) is 65.7 Å². The van der Waals surface area contributed by atoms with E-state index in [0.717, 1.165) is 15.9 Å². The van der Waals surface area contributed by atoms with Crippen LogP contribution in [-0.4, -0.2) is 41.1 Å². The van der Waals surface area contributed by atoms with Crippen molar-refractivity contribution in [3.8, 4) is 16.8 Å². The number of pyridine rings is 1. The fraction of sp³-hybridized carbons (Fsp3) is 0.130. The molecule has 0 fully saturated rings. The van der Waals surface area contributed by atoms with Crippen LogP contribution in [-0.2, 0) is 6.42 Å². The van der Waals surface area contributed by atoms with Crippen molar-refractivity contribution in [1.29, 1.82) is 0 Å². The summed E-state index contributed by atoms with van der Waals surface area (Å²) in [6.45, 7) is 0. The number of hydrogen-bond acceptors (Lipinski definition) is 6. The summed E-state index contributed by atoms with van der Waals surface area (Å²) in [6, 6.07) is 11.9. The van der Waals surface area contributed by atoms with E-state index >= 15 is 0 Å². The normalized spacial score (nSPS) is 15.0. The Labute approximate surface area is 197 Å². The van der Waals surface area contributed by atoms with Gasteiger partial charge >= 0.3 is 5.97 Å². The monoisotopic (exact) mass is 473 g/mol. The Morgan fingerprint density at radius 1 is 1.21 bits per heavy atom. The van der Waals surface area contributed by atoms with Crippen molar-refractivity contribution in [1.82, 2.24) is 30.0 Å². The van der Waals surface area contributed by atoms with Crippen molar-refractivity contribution in [2.24, 2.45) is 0 Å². The van der Waals surface area contributed by atoms with Gasteiger partial charge in [0.05, 0.1) is 16.8 Å². The fourth-order valence-corrected chi connectivity index (χ4v) is 4.75. The van der Waals surface area contributed by atoms with Gasteiger partial charge in [0, 0.05) is 33.3 Å². The number of halogens is 1. The Morgan fingerprint density at radius 2 is 2.09 bits per heavy atom. The molecule has 10 nitrogen and oxygen atoms in total. The molecular weight excluding hydrogens is 458 g/mol. The first-order valence-corrected chi connectivity index (χ1v) is 10.9. The lowest BCUT2D eigenvalue weighted by atomic mass is 10.0. The molecule has 1 aliphatic rings. The molecule has 6 rings (SSSR count). The first-order valence-electron chi connectivity index (χ1n) is 10.5. The van der Waals surface area contributed by atoms with E-state index in [1.165, 1.54) is 23.3 Å². The number of carbonyl (C=O) groups is 1. The second-order valence-corrected chi connectivity index (χ2v) is 8.56.